The molecule has 6 nitrogen and oxygen atoms in total. The van der Waals surface area contributed by atoms with Gasteiger partial charge in [-0.1, -0.05) is 208 Å². The zero-order valence-electron chi connectivity index (χ0n) is 35.4. The van der Waals surface area contributed by atoms with E-state index in [1.807, 2.05) is 0 Å². The van der Waals surface area contributed by atoms with E-state index in [4.69, 9.17) is 14.2 Å². The maximum atomic E-state index is 12.6. The molecule has 0 saturated carbocycles. The molecule has 0 radical (unpaired) electrons. The second-order valence-corrected chi connectivity index (χ2v) is 16.4. The number of unbranched alkanes of at least 4 members (excludes halogenated alkanes) is 24. The molecule has 308 valence electrons. The van der Waals surface area contributed by atoms with Crippen LogP contribution < -0.4 is 0 Å². The van der Waals surface area contributed by atoms with Crippen LogP contribution in [0.3, 0.4) is 0 Å². The van der Waals surface area contributed by atoms with E-state index in [1.54, 1.807) is 0 Å². The second kappa shape index (κ2) is 39.1. The predicted octanol–water partition coefficient (Wildman–Crippen LogP) is 14.2. The van der Waals surface area contributed by atoms with Crippen LogP contribution in [0.4, 0.5) is 0 Å². The number of rotatable bonds is 40. The van der Waals surface area contributed by atoms with Crippen molar-refractivity contribution >= 4 is 17.9 Å². The highest BCUT2D eigenvalue weighted by Gasteiger charge is 2.19. The fraction of sp³-hybridized carbons (Fsp3) is 0.935. The summed E-state index contributed by atoms with van der Waals surface area (Å²) >= 11 is 0. The van der Waals surface area contributed by atoms with E-state index < -0.39 is 6.10 Å². The molecule has 0 saturated heterocycles. The van der Waals surface area contributed by atoms with Crippen molar-refractivity contribution in [2.45, 2.75) is 253 Å². The first-order valence-corrected chi connectivity index (χ1v) is 22.8. The maximum Gasteiger partial charge on any atom is 0.306 e. The first-order chi connectivity index (χ1) is 25.3. The Bertz CT molecular complexity index is 796. The summed E-state index contributed by atoms with van der Waals surface area (Å²) in [6.45, 7) is 11.3. The molecular formula is C46H88O6. The number of hydrogen-bond donors (Lipinski definition) is 0. The monoisotopic (exact) mass is 737 g/mol. The number of ether oxygens (including phenoxy) is 3. The smallest absolute Gasteiger partial charge is 0.306 e. The number of carbonyl (C=O) groups excluding carboxylic acids is 3. The summed E-state index contributed by atoms with van der Waals surface area (Å²) in [5.41, 5.74) is 0. The van der Waals surface area contributed by atoms with Crippen LogP contribution in [-0.2, 0) is 28.6 Å². The minimum atomic E-state index is -0.759. The minimum Gasteiger partial charge on any atom is -0.462 e. The van der Waals surface area contributed by atoms with Gasteiger partial charge in [-0.3, -0.25) is 14.4 Å². The van der Waals surface area contributed by atoms with E-state index in [1.165, 1.54) is 135 Å². The van der Waals surface area contributed by atoms with Gasteiger partial charge in [0.25, 0.3) is 0 Å². The lowest BCUT2D eigenvalue weighted by molar-refractivity contribution is -0.167. The molecule has 0 heterocycles. The summed E-state index contributed by atoms with van der Waals surface area (Å²) in [4.78, 5) is 37.6. The van der Waals surface area contributed by atoms with Gasteiger partial charge in [0.2, 0.25) is 0 Å². The number of carbonyl (C=O) groups is 3. The van der Waals surface area contributed by atoms with Crippen molar-refractivity contribution in [1.29, 1.82) is 0 Å². The Morgan fingerprint density at radius 1 is 0.404 bits per heavy atom. The van der Waals surface area contributed by atoms with E-state index in [0.717, 1.165) is 69.6 Å². The Hall–Kier alpha value is -1.59. The Labute approximate surface area is 323 Å². The average Bonchev–Trinajstić information content (AvgIpc) is 3.12. The number of hydrogen-bond acceptors (Lipinski definition) is 6. The summed E-state index contributed by atoms with van der Waals surface area (Å²) in [5.74, 6) is 0.817. The molecule has 0 aromatic heterocycles. The molecule has 0 spiro atoms. The van der Waals surface area contributed by atoms with Gasteiger partial charge in [0.05, 0.1) is 0 Å². The van der Waals surface area contributed by atoms with Crippen LogP contribution in [-0.4, -0.2) is 37.2 Å². The van der Waals surface area contributed by atoms with Gasteiger partial charge < -0.3 is 14.2 Å². The highest BCUT2D eigenvalue weighted by atomic mass is 16.6. The van der Waals surface area contributed by atoms with Crippen LogP contribution in [0, 0.1) is 11.8 Å². The summed E-state index contributed by atoms with van der Waals surface area (Å²) in [5, 5.41) is 0. The van der Waals surface area contributed by atoms with Gasteiger partial charge in [-0.25, -0.2) is 0 Å². The maximum absolute atomic E-state index is 12.6. The lowest BCUT2D eigenvalue weighted by atomic mass is 9.99. The molecule has 1 unspecified atom stereocenters. The summed E-state index contributed by atoms with van der Waals surface area (Å²) in [6, 6.07) is 0. The Morgan fingerprint density at radius 2 is 0.731 bits per heavy atom. The van der Waals surface area contributed by atoms with Crippen molar-refractivity contribution in [3.63, 3.8) is 0 Å². The van der Waals surface area contributed by atoms with Crippen LogP contribution in [0.5, 0.6) is 0 Å². The zero-order valence-corrected chi connectivity index (χ0v) is 35.4. The Balaban J connectivity index is 4.24. The number of esters is 3. The molecule has 0 aliphatic heterocycles. The molecule has 0 aliphatic rings. The standard InChI is InChI=1S/C46H88O6/c1-6-8-9-10-19-28-33-38-46(49)52-43(40-51-45(48)37-32-27-23-18-17-21-25-30-35-42(5)7-2)39-50-44(47)36-31-26-22-16-14-12-11-13-15-20-24-29-34-41(3)4/h41-43H,6-40H2,1-5H3/t42?,43-/m1/s1. The largest absolute Gasteiger partial charge is 0.462 e. The lowest BCUT2D eigenvalue weighted by Crippen LogP contribution is -2.30. The molecule has 0 rings (SSSR count). The van der Waals surface area contributed by atoms with E-state index in [9.17, 15) is 14.4 Å². The highest BCUT2D eigenvalue weighted by molar-refractivity contribution is 5.71. The average molecular weight is 737 g/mol. The summed E-state index contributed by atoms with van der Waals surface area (Å²) in [7, 11) is 0. The molecule has 52 heavy (non-hydrogen) atoms. The fourth-order valence-corrected chi connectivity index (χ4v) is 6.72. The second-order valence-electron chi connectivity index (χ2n) is 16.4. The van der Waals surface area contributed by atoms with Crippen LogP contribution in [0.2, 0.25) is 0 Å². The molecule has 0 bridgehead atoms. The third-order valence-electron chi connectivity index (χ3n) is 10.6. The molecular weight excluding hydrogens is 649 g/mol. The Kier molecular flexibility index (Phi) is 37.9. The van der Waals surface area contributed by atoms with Crippen LogP contribution >= 0.6 is 0 Å². The summed E-state index contributed by atoms with van der Waals surface area (Å²) < 4.78 is 16.7. The van der Waals surface area contributed by atoms with Crippen molar-refractivity contribution in [2.24, 2.45) is 11.8 Å². The third-order valence-corrected chi connectivity index (χ3v) is 10.6. The van der Waals surface area contributed by atoms with Crippen molar-refractivity contribution in [2.75, 3.05) is 13.2 Å². The van der Waals surface area contributed by atoms with Gasteiger partial charge in [-0.2, -0.15) is 0 Å². The van der Waals surface area contributed by atoms with Crippen molar-refractivity contribution in [3.8, 4) is 0 Å². The van der Waals surface area contributed by atoms with E-state index in [2.05, 4.69) is 34.6 Å². The molecule has 0 fully saturated rings. The summed E-state index contributed by atoms with van der Waals surface area (Å²) in [6.07, 6.45) is 36.6. The van der Waals surface area contributed by atoms with Crippen LogP contribution in [0.25, 0.3) is 0 Å². The highest BCUT2D eigenvalue weighted by Crippen LogP contribution is 2.17. The van der Waals surface area contributed by atoms with Crippen molar-refractivity contribution in [1.82, 2.24) is 0 Å². The van der Waals surface area contributed by atoms with Crippen molar-refractivity contribution in [3.05, 3.63) is 0 Å². The first-order valence-electron chi connectivity index (χ1n) is 22.8. The van der Waals surface area contributed by atoms with Gasteiger partial charge in [-0.05, 0) is 31.1 Å². The van der Waals surface area contributed by atoms with Gasteiger partial charge >= 0.3 is 17.9 Å². The zero-order chi connectivity index (χ0) is 38.3. The molecule has 6 heteroatoms. The molecule has 0 aromatic carbocycles. The van der Waals surface area contributed by atoms with Crippen molar-refractivity contribution < 1.29 is 28.6 Å². The fourth-order valence-electron chi connectivity index (χ4n) is 6.72. The lowest BCUT2D eigenvalue weighted by Gasteiger charge is -2.18. The van der Waals surface area contributed by atoms with Gasteiger partial charge in [-0.15, -0.1) is 0 Å². The normalized spacial score (nSPS) is 12.6. The topological polar surface area (TPSA) is 78.9 Å². The van der Waals surface area contributed by atoms with Gasteiger partial charge in [0, 0.05) is 19.3 Å². The molecule has 0 N–H and O–H groups in total. The minimum absolute atomic E-state index is 0.0655. The molecule has 0 aromatic rings. The Morgan fingerprint density at radius 3 is 1.10 bits per heavy atom. The quantitative estimate of drug-likeness (QED) is 0.0354. The van der Waals surface area contributed by atoms with Crippen LogP contribution in [0.1, 0.15) is 247 Å². The van der Waals surface area contributed by atoms with Gasteiger partial charge in [0.15, 0.2) is 6.10 Å². The molecule has 0 amide bonds. The van der Waals surface area contributed by atoms with E-state index >= 15 is 0 Å². The predicted molar refractivity (Wildman–Crippen MR) is 220 cm³/mol. The first kappa shape index (κ1) is 50.4. The molecule has 0 aliphatic carbocycles. The third kappa shape index (κ3) is 38.1. The van der Waals surface area contributed by atoms with E-state index in [-0.39, 0.29) is 31.1 Å². The molecule has 2 atom stereocenters. The van der Waals surface area contributed by atoms with Gasteiger partial charge in [0.1, 0.15) is 13.2 Å². The SMILES string of the molecule is CCCCCCCCCC(=O)O[C@H](COC(=O)CCCCCCCCCCCCCCC(C)C)COC(=O)CCCCCCCCCCC(C)CC. The van der Waals surface area contributed by atoms with Crippen LogP contribution in [0.15, 0.2) is 0 Å². The van der Waals surface area contributed by atoms with E-state index in [0.29, 0.717) is 19.3 Å².